The van der Waals surface area contributed by atoms with Gasteiger partial charge in [0.15, 0.2) is 0 Å². The number of halogens is 1. The summed E-state index contributed by atoms with van der Waals surface area (Å²) in [6.45, 7) is 0.494. The topological polar surface area (TPSA) is 55.5 Å². The zero-order chi connectivity index (χ0) is 15.7. The molecule has 1 atom stereocenters. The van der Waals surface area contributed by atoms with Gasteiger partial charge < -0.3 is 0 Å². The van der Waals surface area contributed by atoms with E-state index in [9.17, 15) is 10.1 Å². The first-order valence-corrected chi connectivity index (χ1v) is 8.33. The van der Waals surface area contributed by atoms with Crippen molar-refractivity contribution in [3.05, 3.63) is 74.3 Å². The molecular formula is C16H13ClN2O2S. The van der Waals surface area contributed by atoms with Gasteiger partial charge in [-0.2, -0.15) is 0 Å². The second kappa shape index (κ2) is 6.10. The van der Waals surface area contributed by atoms with Gasteiger partial charge in [-0.15, -0.1) is 11.8 Å². The molecule has 22 heavy (non-hydrogen) atoms. The highest BCUT2D eigenvalue weighted by molar-refractivity contribution is 8.13. The highest BCUT2D eigenvalue weighted by Gasteiger charge is 2.29. The van der Waals surface area contributed by atoms with Crippen molar-refractivity contribution in [3.8, 4) is 0 Å². The fourth-order valence-corrected chi connectivity index (χ4v) is 3.55. The monoisotopic (exact) mass is 332 g/mol. The van der Waals surface area contributed by atoms with Gasteiger partial charge in [-0.05, 0) is 24.0 Å². The minimum Gasteiger partial charge on any atom is -0.277 e. The van der Waals surface area contributed by atoms with Crippen molar-refractivity contribution >= 4 is 34.1 Å². The Morgan fingerprint density at radius 2 is 2.05 bits per heavy atom. The lowest BCUT2D eigenvalue weighted by atomic mass is 9.86. The molecular weight excluding hydrogens is 320 g/mol. The summed E-state index contributed by atoms with van der Waals surface area (Å²) < 4.78 is 0. The maximum atomic E-state index is 11.3. The number of nitro benzene ring substituents is 1. The molecule has 2 aromatic rings. The van der Waals surface area contributed by atoms with Gasteiger partial charge >= 0.3 is 0 Å². The number of para-hydroxylation sites is 1. The molecule has 4 nitrogen and oxygen atoms in total. The van der Waals surface area contributed by atoms with E-state index in [4.69, 9.17) is 11.6 Å². The molecule has 6 heteroatoms. The number of nitrogens with zero attached hydrogens (tertiary/aromatic N) is 2. The van der Waals surface area contributed by atoms with Gasteiger partial charge in [0.05, 0.1) is 16.5 Å². The molecule has 0 amide bonds. The van der Waals surface area contributed by atoms with Crippen LogP contribution in [-0.4, -0.2) is 22.8 Å². The molecule has 3 rings (SSSR count). The molecule has 0 aliphatic carbocycles. The summed E-state index contributed by atoms with van der Waals surface area (Å²) >= 11 is 7.72. The molecule has 0 saturated carbocycles. The fraction of sp³-hybridized carbons (Fsp3) is 0.188. The van der Waals surface area contributed by atoms with Gasteiger partial charge in [-0.3, -0.25) is 15.1 Å². The van der Waals surface area contributed by atoms with Gasteiger partial charge in [-0.25, -0.2) is 0 Å². The molecule has 0 saturated heterocycles. The van der Waals surface area contributed by atoms with Crippen molar-refractivity contribution in [3.63, 3.8) is 0 Å². The van der Waals surface area contributed by atoms with Crippen molar-refractivity contribution in [2.45, 2.75) is 5.92 Å². The lowest BCUT2D eigenvalue weighted by Crippen LogP contribution is -2.17. The first-order chi connectivity index (χ1) is 10.6. The lowest BCUT2D eigenvalue weighted by molar-refractivity contribution is -0.385. The van der Waals surface area contributed by atoms with Crippen LogP contribution >= 0.6 is 23.4 Å². The summed E-state index contributed by atoms with van der Waals surface area (Å²) in [5.41, 5.74) is 2.81. The molecule has 0 spiro atoms. The molecule has 1 unspecified atom stereocenters. The van der Waals surface area contributed by atoms with E-state index < -0.39 is 0 Å². The Balaban J connectivity index is 2.17. The van der Waals surface area contributed by atoms with Crippen molar-refractivity contribution in [2.75, 3.05) is 12.8 Å². The van der Waals surface area contributed by atoms with Crippen LogP contribution in [0.5, 0.6) is 0 Å². The first kappa shape index (κ1) is 15.1. The number of aliphatic imine (C=N–C) groups is 1. The SMILES string of the molecule is CSC1=NCC(c2ccccc2[N+](=O)[O-])c2cc(Cl)ccc21. The molecule has 112 valence electrons. The minimum absolute atomic E-state index is 0.126. The summed E-state index contributed by atoms with van der Waals surface area (Å²) in [4.78, 5) is 15.6. The highest BCUT2D eigenvalue weighted by atomic mass is 35.5. The number of fused-ring (bicyclic) bond motifs is 1. The maximum absolute atomic E-state index is 11.3. The molecule has 0 bridgehead atoms. The van der Waals surface area contributed by atoms with E-state index in [0.717, 1.165) is 16.2 Å². The van der Waals surface area contributed by atoms with Crippen LogP contribution < -0.4 is 0 Å². The van der Waals surface area contributed by atoms with Crippen LogP contribution in [0.4, 0.5) is 5.69 Å². The molecule has 1 heterocycles. The summed E-state index contributed by atoms with van der Waals surface area (Å²) in [6, 6.07) is 12.5. The van der Waals surface area contributed by atoms with Crippen LogP contribution in [0.3, 0.4) is 0 Å². The Labute approximate surface area is 137 Å². The molecule has 0 aromatic heterocycles. The number of nitro groups is 1. The largest absolute Gasteiger partial charge is 0.277 e. The maximum Gasteiger partial charge on any atom is 0.273 e. The summed E-state index contributed by atoms with van der Waals surface area (Å²) in [7, 11) is 0. The Morgan fingerprint density at radius 3 is 2.77 bits per heavy atom. The number of hydrogen-bond acceptors (Lipinski definition) is 4. The lowest BCUT2D eigenvalue weighted by Gasteiger charge is -2.24. The van der Waals surface area contributed by atoms with E-state index in [1.807, 2.05) is 30.5 Å². The van der Waals surface area contributed by atoms with E-state index in [1.54, 1.807) is 23.9 Å². The normalized spacial score (nSPS) is 16.8. The zero-order valence-corrected chi connectivity index (χ0v) is 13.4. The minimum atomic E-state index is -0.340. The zero-order valence-electron chi connectivity index (χ0n) is 11.8. The van der Waals surface area contributed by atoms with Crippen molar-refractivity contribution in [1.29, 1.82) is 0 Å². The van der Waals surface area contributed by atoms with Gasteiger partial charge in [0.25, 0.3) is 5.69 Å². The Kier molecular flexibility index (Phi) is 4.18. The van der Waals surface area contributed by atoms with Gasteiger partial charge in [0.1, 0.15) is 0 Å². The Morgan fingerprint density at radius 1 is 1.27 bits per heavy atom. The van der Waals surface area contributed by atoms with Crippen LogP contribution in [-0.2, 0) is 0 Å². The molecule has 2 aromatic carbocycles. The third kappa shape index (κ3) is 2.62. The quantitative estimate of drug-likeness (QED) is 0.601. The van der Waals surface area contributed by atoms with Gasteiger partial charge in [0, 0.05) is 28.1 Å². The van der Waals surface area contributed by atoms with E-state index >= 15 is 0 Å². The number of hydrogen-bond donors (Lipinski definition) is 0. The average Bonchev–Trinajstić information content (AvgIpc) is 2.53. The third-order valence-electron chi connectivity index (χ3n) is 3.74. The van der Waals surface area contributed by atoms with Crippen LogP contribution in [0.2, 0.25) is 5.02 Å². The van der Waals surface area contributed by atoms with E-state index in [-0.39, 0.29) is 16.5 Å². The van der Waals surface area contributed by atoms with Gasteiger partial charge in [0.2, 0.25) is 0 Å². The van der Waals surface area contributed by atoms with Crippen LogP contribution in [0, 0.1) is 10.1 Å². The van der Waals surface area contributed by atoms with Gasteiger partial charge in [-0.1, -0.05) is 35.9 Å². The van der Waals surface area contributed by atoms with Crippen LogP contribution in [0.25, 0.3) is 0 Å². The number of benzene rings is 2. The van der Waals surface area contributed by atoms with E-state index in [0.29, 0.717) is 17.1 Å². The van der Waals surface area contributed by atoms with Crippen LogP contribution in [0.15, 0.2) is 47.5 Å². The average molecular weight is 333 g/mol. The molecule has 1 aliphatic rings. The molecule has 1 aliphatic heterocycles. The van der Waals surface area contributed by atoms with Crippen molar-refractivity contribution < 1.29 is 4.92 Å². The second-order valence-electron chi connectivity index (χ2n) is 4.95. The Bertz CT molecular complexity index is 776. The number of rotatable bonds is 2. The fourth-order valence-electron chi connectivity index (χ4n) is 2.76. The Hall–Kier alpha value is -1.85. The van der Waals surface area contributed by atoms with Crippen molar-refractivity contribution in [2.24, 2.45) is 4.99 Å². The van der Waals surface area contributed by atoms with Crippen molar-refractivity contribution in [1.82, 2.24) is 0 Å². The molecule has 0 N–H and O–H groups in total. The molecule has 0 fully saturated rings. The predicted octanol–water partition coefficient (Wildman–Crippen LogP) is 4.50. The predicted molar refractivity (Wildman–Crippen MR) is 91.3 cm³/mol. The standard InChI is InChI=1S/C16H13ClN2O2S/c1-22-16-12-7-6-10(17)8-13(12)14(9-18-16)11-4-2-3-5-15(11)19(20)21/h2-8,14H,9H2,1H3. The summed E-state index contributed by atoms with van der Waals surface area (Å²) in [5.74, 6) is -0.147. The second-order valence-corrected chi connectivity index (χ2v) is 6.18. The first-order valence-electron chi connectivity index (χ1n) is 6.73. The number of thioether (sulfide) groups is 1. The highest BCUT2D eigenvalue weighted by Crippen LogP contribution is 2.38. The van der Waals surface area contributed by atoms with E-state index in [2.05, 4.69) is 4.99 Å². The third-order valence-corrected chi connectivity index (χ3v) is 4.71. The smallest absolute Gasteiger partial charge is 0.273 e. The van der Waals surface area contributed by atoms with E-state index in [1.165, 1.54) is 6.07 Å². The summed E-state index contributed by atoms with van der Waals surface area (Å²) in [6.07, 6.45) is 1.97. The summed E-state index contributed by atoms with van der Waals surface area (Å²) in [5, 5.41) is 12.9. The molecule has 0 radical (unpaired) electrons. The van der Waals surface area contributed by atoms with Crippen LogP contribution in [0.1, 0.15) is 22.6 Å².